The summed E-state index contributed by atoms with van der Waals surface area (Å²) in [6.07, 6.45) is 1.97. The van der Waals surface area contributed by atoms with E-state index >= 15 is 0 Å². The first-order valence-corrected chi connectivity index (χ1v) is 8.21. The number of hydrogen-bond acceptors (Lipinski definition) is 3. The van der Waals surface area contributed by atoms with Crippen molar-refractivity contribution in [1.29, 1.82) is 5.26 Å². The van der Waals surface area contributed by atoms with Gasteiger partial charge in [-0.3, -0.25) is 4.79 Å². The van der Waals surface area contributed by atoms with Gasteiger partial charge in [0, 0.05) is 5.57 Å². The molecule has 1 unspecified atom stereocenters. The molecule has 2 aromatic carbocycles. The Morgan fingerprint density at radius 1 is 1.08 bits per heavy atom. The number of fused-ring (bicyclic) bond motifs is 3. The summed E-state index contributed by atoms with van der Waals surface area (Å²) in [5, 5.41) is 12.2. The molecule has 4 heteroatoms. The van der Waals surface area contributed by atoms with Crippen LogP contribution in [0.4, 0.5) is 5.69 Å². The first-order valence-electron chi connectivity index (χ1n) is 8.21. The largest absolute Gasteiger partial charge is 0.309 e. The summed E-state index contributed by atoms with van der Waals surface area (Å²) >= 11 is 0. The molecule has 0 aromatic heterocycles. The Balaban J connectivity index is 1.86. The molecule has 25 heavy (non-hydrogen) atoms. The van der Waals surface area contributed by atoms with Gasteiger partial charge in [-0.1, -0.05) is 35.4 Å². The molecular weight excluding hydrogens is 310 g/mol. The average Bonchev–Trinajstić information content (AvgIpc) is 2.88. The van der Waals surface area contributed by atoms with Gasteiger partial charge in [-0.05, 0) is 49.6 Å². The van der Waals surface area contributed by atoms with E-state index < -0.39 is 0 Å². The zero-order valence-corrected chi connectivity index (χ0v) is 14.3. The molecule has 0 radical (unpaired) electrons. The van der Waals surface area contributed by atoms with Gasteiger partial charge in [0.05, 0.1) is 23.2 Å². The van der Waals surface area contributed by atoms with Crippen molar-refractivity contribution in [1.82, 2.24) is 5.32 Å². The van der Waals surface area contributed by atoms with E-state index in [1.165, 1.54) is 0 Å². The Bertz CT molecular complexity index is 1020. The van der Waals surface area contributed by atoms with Crippen LogP contribution in [0, 0.1) is 32.1 Å². The lowest BCUT2D eigenvalue weighted by atomic mass is 9.88. The number of benzene rings is 2. The number of nitriles is 1. The average molecular weight is 327 g/mol. The molecule has 0 saturated heterocycles. The first-order chi connectivity index (χ1) is 12.0. The highest BCUT2D eigenvalue weighted by atomic mass is 16.1. The number of carbonyl (C=O) groups excluding carboxylic acids is 1. The minimum atomic E-state index is -0.134. The van der Waals surface area contributed by atoms with Gasteiger partial charge >= 0.3 is 0 Å². The molecule has 122 valence electrons. The zero-order valence-electron chi connectivity index (χ0n) is 14.3. The van der Waals surface area contributed by atoms with Gasteiger partial charge in [0.25, 0.3) is 5.91 Å². The number of nitrogens with one attached hydrogen (secondary N) is 1. The predicted molar refractivity (Wildman–Crippen MR) is 97.8 cm³/mol. The van der Waals surface area contributed by atoms with E-state index in [4.69, 9.17) is 0 Å². The monoisotopic (exact) mass is 327 g/mol. The molecule has 1 N–H and O–H groups in total. The number of amides is 1. The molecule has 4 nitrogen and oxygen atoms in total. The Kier molecular flexibility index (Phi) is 3.33. The van der Waals surface area contributed by atoms with E-state index in [0.29, 0.717) is 17.0 Å². The van der Waals surface area contributed by atoms with Gasteiger partial charge in [0.2, 0.25) is 0 Å². The third kappa shape index (κ3) is 2.45. The van der Waals surface area contributed by atoms with Crippen molar-refractivity contribution < 1.29 is 4.79 Å². The van der Waals surface area contributed by atoms with E-state index in [-0.39, 0.29) is 11.8 Å². The standard InChI is InChI=1S/C21H17N3O/c1-11-4-12(2)6-14(5-11)16-9-18-17-8-15(10-22)13(3)7-19(17)23-20(18)24-21(16)25/h4-9,18H,1-3H3,(H,23,24,25). The number of rotatable bonds is 1. The minimum absolute atomic E-state index is 0.115. The maximum absolute atomic E-state index is 12.6. The predicted octanol–water partition coefficient (Wildman–Crippen LogP) is 3.82. The third-order valence-corrected chi connectivity index (χ3v) is 4.72. The highest BCUT2D eigenvalue weighted by Gasteiger charge is 2.33. The molecule has 1 atom stereocenters. The second kappa shape index (κ2) is 5.42. The van der Waals surface area contributed by atoms with Gasteiger partial charge in [-0.25, -0.2) is 4.99 Å². The Morgan fingerprint density at radius 3 is 2.48 bits per heavy atom. The van der Waals surface area contributed by atoms with Gasteiger partial charge < -0.3 is 5.32 Å². The van der Waals surface area contributed by atoms with Crippen molar-refractivity contribution in [3.8, 4) is 6.07 Å². The lowest BCUT2D eigenvalue weighted by Gasteiger charge is -2.21. The molecule has 0 saturated carbocycles. The molecule has 0 spiro atoms. The molecule has 1 amide bonds. The fourth-order valence-electron chi connectivity index (χ4n) is 3.58. The highest BCUT2D eigenvalue weighted by Crippen LogP contribution is 2.40. The topological polar surface area (TPSA) is 65.2 Å². The molecule has 2 heterocycles. The normalized spacial score (nSPS) is 17.8. The van der Waals surface area contributed by atoms with Crippen molar-refractivity contribution in [2.24, 2.45) is 4.99 Å². The number of hydrogen-bond donors (Lipinski definition) is 1. The second-order valence-electron chi connectivity index (χ2n) is 6.72. The maximum atomic E-state index is 12.6. The van der Waals surface area contributed by atoms with E-state index in [2.05, 4.69) is 22.4 Å². The molecule has 0 bridgehead atoms. The fraction of sp³-hybridized carbons (Fsp3) is 0.190. The van der Waals surface area contributed by atoms with Crippen molar-refractivity contribution in [2.75, 3.05) is 0 Å². The summed E-state index contributed by atoms with van der Waals surface area (Å²) in [6, 6.07) is 12.2. The lowest BCUT2D eigenvalue weighted by molar-refractivity contribution is -0.114. The number of aryl methyl sites for hydroxylation is 3. The van der Waals surface area contributed by atoms with Crippen LogP contribution in [0.5, 0.6) is 0 Å². The SMILES string of the molecule is Cc1cc(C)cc(C2=CC3C(=Nc4cc(C)c(C#N)cc43)NC2=O)c1. The molecule has 0 fully saturated rings. The second-order valence-corrected chi connectivity index (χ2v) is 6.72. The van der Waals surface area contributed by atoms with Crippen LogP contribution in [0.15, 0.2) is 41.4 Å². The first kappa shape index (κ1) is 15.3. The Labute approximate surface area is 146 Å². The van der Waals surface area contributed by atoms with Crippen LogP contribution >= 0.6 is 0 Å². The van der Waals surface area contributed by atoms with Crippen molar-refractivity contribution in [2.45, 2.75) is 26.7 Å². The van der Waals surface area contributed by atoms with Crippen LogP contribution in [-0.2, 0) is 4.79 Å². The smallest absolute Gasteiger partial charge is 0.256 e. The fourth-order valence-corrected chi connectivity index (χ4v) is 3.58. The van der Waals surface area contributed by atoms with Crippen LogP contribution in [0.1, 0.15) is 39.3 Å². The number of nitrogens with zero attached hydrogens (tertiary/aromatic N) is 2. The van der Waals surface area contributed by atoms with Gasteiger partial charge in [0.15, 0.2) is 0 Å². The van der Waals surface area contributed by atoms with Crippen LogP contribution in [-0.4, -0.2) is 11.7 Å². The molecule has 4 rings (SSSR count). The van der Waals surface area contributed by atoms with Gasteiger partial charge in [0.1, 0.15) is 5.84 Å². The van der Waals surface area contributed by atoms with E-state index in [9.17, 15) is 10.1 Å². The number of carbonyl (C=O) groups is 1. The summed E-state index contributed by atoms with van der Waals surface area (Å²) in [6.45, 7) is 5.95. The quantitative estimate of drug-likeness (QED) is 0.865. The Hall–Kier alpha value is -3.19. The lowest BCUT2D eigenvalue weighted by Crippen LogP contribution is -2.37. The zero-order chi connectivity index (χ0) is 17.7. The van der Waals surface area contributed by atoms with Crippen LogP contribution in [0.3, 0.4) is 0 Å². The minimum Gasteiger partial charge on any atom is -0.309 e. The number of amidine groups is 1. The molecular formula is C21H17N3O. The summed E-state index contributed by atoms with van der Waals surface area (Å²) in [4.78, 5) is 17.1. The summed E-state index contributed by atoms with van der Waals surface area (Å²) < 4.78 is 0. The van der Waals surface area contributed by atoms with Crippen molar-refractivity contribution >= 4 is 23.0 Å². The summed E-state index contributed by atoms with van der Waals surface area (Å²) in [5.41, 5.74) is 7.16. The molecule has 0 aliphatic carbocycles. The van der Waals surface area contributed by atoms with Gasteiger partial charge in [-0.2, -0.15) is 5.26 Å². The summed E-state index contributed by atoms with van der Waals surface area (Å²) in [7, 11) is 0. The van der Waals surface area contributed by atoms with Crippen LogP contribution < -0.4 is 5.32 Å². The molecule has 2 aromatic rings. The van der Waals surface area contributed by atoms with Gasteiger partial charge in [-0.15, -0.1) is 0 Å². The van der Waals surface area contributed by atoms with E-state index in [1.54, 1.807) is 0 Å². The van der Waals surface area contributed by atoms with E-state index in [0.717, 1.165) is 33.5 Å². The summed E-state index contributed by atoms with van der Waals surface area (Å²) in [5.74, 6) is 0.392. The maximum Gasteiger partial charge on any atom is 0.256 e. The third-order valence-electron chi connectivity index (χ3n) is 4.72. The van der Waals surface area contributed by atoms with Crippen molar-refractivity contribution in [3.63, 3.8) is 0 Å². The van der Waals surface area contributed by atoms with Crippen LogP contribution in [0.2, 0.25) is 0 Å². The highest BCUT2D eigenvalue weighted by molar-refractivity contribution is 6.29. The molecule has 2 aliphatic heterocycles. The van der Waals surface area contributed by atoms with Crippen molar-refractivity contribution in [3.05, 3.63) is 69.8 Å². The van der Waals surface area contributed by atoms with Crippen LogP contribution in [0.25, 0.3) is 5.57 Å². The molecule has 2 aliphatic rings. The Morgan fingerprint density at radius 2 is 1.80 bits per heavy atom. The number of aliphatic imine (C=N–C) groups is 1. The van der Waals surface area contributed by atoms with E-state index in [1.807, 2.05) is 51.1 Å².